The second kappa shape index (κ2) is 5.67. The molecule has 0 bridgehead atoms. The summed E-state index contributed by atoms with van der Waals surface area (Å²) in [6, 6.07) is 3.59. The summed E-state index contributed by atoms with van der Waals surface area (Å²) >= 11 is 0. The number of anilines is 1. The van der Waals surface area contributed by atoms with Gasteiger partial charge in [0.1, 0.15) is 4.90 Å². The van der Waals surface area contributed by atoms with Crippen molar-refractivity contribution in [1.29, 1.82) is 0 Å². The molecule has 9 heteroatoms. The minimum Gasteiger partial charge on any atom is -0.398 e. The lowest BCUT2D eigenvalue weighted by atomic mass is 10.2. The van der Waals surface area contributed by atoms with Crippen molar-refractivity contribution in [1.82, 2.24) is 4.72 Å². The fourth-order valence-electron chi connectivity index (χ4n) is 1.33. The molecule has 0 fully saturated rings. The highest BCUT2D eigenvalue weighted by atomic mass is 32.2. The second-order valence-electron chi connectivity index (χ2n) is 3.73. The number of nitrogens with one attached hydrogen (secondary N) is 1. The molecule has 0 heterocycles. The number of benzene rings is 1. The molecule has 0 radical (unpaired) electrons. The van der Waals surface area contributed by atoms with E-state index in [1.807, 2.05) is 0 Å². The predicted octanol–water partition coefficient (Wildman–Crippen LogP) is -1.48. The SMILES string of the molecule is NC(=O)CCNS(=O)(=O)c1ccc(C(N)=O)cc1N. The second-order valence-corrected chi connectivity index (χ2v) is 5.47. The van der Waals surface area contributed by atoms with Crippen LogP contribution in [0.25, 0.3) is 0 Å². The lowest BCUT2D eigenvalue weighted by Gasteiger charge is -2.09. The Balaban J connectivity index is 2.96. The third kappa shape index (κ3) is 3.93. The first-order valence-corrected chi connectivity index (χ1v) is 6.69. The van der Waals surface area contributed by atoms with Crippen LogP contribution in [0.15, 0.2) is 23.1 Å². The standard InChI is InChI=1S/C10H14N4O4S/c11-7-5-6(10(13)16)1-2-8(7)19(17,18)14-4-3-9(12)15/h1-2,5,14H,3-4,11H2,(H2,12,15)(H2,13,16). The van der Waals surface area contributed by atoms with E-state index < -0.39 is 21.8 Å². The van der Waals surface area contributed by atoms with Crippen molar-refractivity contribution < 1.29 is 18.0 Å². The number of rotatable bonds is 6. The third-order valence-corrected chi connectivity index (χ3v) is 3.78. The van der Waals surface area contributed by atoms with Crippen molar-refractivity contribution in [2.75, 3.05) is 12.3 Å². The first-order valence-electron chi connectivity index (χ1n) is 5.21. The molecule has 0 aliphatic carbocycles. The van der Waals surface area contributed by atoms with Gasteiger partial charge in [0.15, 0.2) is 0 Å². The van der Waals surface area contributed by atoms with E-state index >= 15 is 0 Å². The molecule has 1 aromatic carbocycles. The Hall–Kier alpha value is -2.13. The number of nitrogens with two attached hydrogens (primary N) is 3. The fraction of sp³-hybridized carbons (Fsp3) is 0.200. The lowest BCUT2D eigenvalue weighted by molar-refractivity contribution is -0.117. The van der Waals surface area contributed by atoms with E-state index in [-0.39, 0.29) is 29.1 Å². The van der Waals surface area contributed by atoms with Gasteiger partial charge in [0.2, 0.25) is 21.8 Å². The normalized spacial score (nSPS) is 11.2. The number of amides is 2. The Bertz CT molecular complexity index is 612. The van der Waals surface area contributed by atoms with E-state index in [9.17, 15) is 18.0 Å². The zero-order valence-electron chi connectivity index (χ0n) is 9.92. The van der Waals surface area contributed by atoms with Gasteiger partial charge in [-0.15, -0.1) is 0 Å². The van der Waals surface area contributed by atoms with Crippen molar-refractivity contribution in [2.24, 2.45) is 11.5 Å². The number of carbonyl (C=O) groups is 2. The highest BCUT2D eigenvalue weighted by Gasteiger charge is 2.18. The monoisotopic (exact) mass is 286 g/mol. The van der Waals surface area contributed by atoms with E-state index in [0.29, 0.717) is 0 Å². The molecule has 0 spiro atoms. The third-order valence-electron chi connectivity index (χ3n) is 2.25. The molecule has 8 nitrogen and oxygen atoms in total. The zero-order valence-corrected chi connectivity index (χ0v) is 10.7. The summed E-state index contributed by atoms with van der Waals surface area (Å²) in [6.07, 6.45) is -0.126. The summed E-state index contributed by atoms with van der Waals surface area (Å²) in [5, 5.41) is 0. The molecule has 0 atom stereocenters. The Morgan fingerprint density at radius 3 is 2.32 bits per heavy atom. The van der Waals surface area contributed by atoms with Crippen molar-refractivity contribution in [3.63, 3.8) is 0 Å². The summed E-state index contributed by atoms with van der Waals surface area (Å²) in [4.78, 5) is 21.2. The van der Waals surface area contributed by atoms with Gasteiger partial charge in [0, 0.05) is 18.5 Å². The quantitative estimate of drug-likeness (QED) is 0.469. The van der Waals surface area contributed by atoms with Gasteiger partial charge >= 0.3 is 0 Å². The van der Waals surface area contributed by atoms with Crippen LogP contribution in [0.5, 0.6) is 0 Å². The highest BCUT2D eigenvalue weighted by Crippen LogP contribution is 2.19. The van der Waals surface area contributed by atoms with Crippen LogP contribution >= 0.6 is 0 Å². The summed E-state index contributed by atoms with van der Waals surface area (Å²) in [6.45, 7) is -0.130. The number of hydrogen-bond donors (Lipinski definition) is 4. The maximum atomic E-state index is 11.9. The largest absolute Gasteiger partial charge is 0.398 e. The predicted molar refractivity (Wildman–Crippen MR) is 68.4 cm³/mol. The maximum absolute atomic E-state index is 11.9. The van der Waals surface area contributed by atoms with Gasteiger partial charge in [0.05, 0.1) is 5.69 Å². The van der Waals surface area contributed by atoms with Crippen LogP contribution in [0.4, 0.5) is 5.69 Å². The highest BCUT2D eigenvalue weighted by molar-refractivity contribution is 7.89. The number of hydrogen-bond acceptors (Lipinski definition) is 5. The Morgan fingerprint density at radius 1 is 1.21 bits per heavy atom. The van der Waals surface area contributed by atoms with Crippen LogP contribution in [0.3, 0.4) is 0 Å². The van der Waals surface area contributed by atoms with E-state index in [0.717, 1.165) is 0 Å². The molecule has 0 saturated heterocycles. The Morgan fingerprint density at radius 2 is 1.84 bits per heavy atom. The molecule has 0 saturated carbocycles. The first-order chi connectivity index (χ1) is 8.74. The molecule has 0 aromatic heterocycles. The molecule has 0 aliphatic heterocycles. The van der Waals surface area contributed by atoms with Gasteiger partial charge in [0.25, 0.3) is 0 Å². The molecule has 19 heavy (non-hydrogen) atoms. The molecule has 2 amide bonds. The summed E-state index contributed by atoms with van der Waals surface area (Å²) in [5.74, 6) is -1.34. The fourth-order valence-corrected chi connectivity index (χ4v) is 2.48. The van der Waals surface area contributed by atoms with E-state index in [4.69, 9.17) is 17.2 Å². The molecule has 7 N–H and O–H groups in total. The van der Waals surface area contributed by atoms with Crippen molar-refractivity contribution in [2.45, 2.75) is 11.3 Å². The van der Waals surface area contributed by atoms with Gasteiger partial charge in [-0.3, -0.25) is 9.59 Å². The van der Waals surface area contributed by atoms with Crippen molar-refractivity contribution in [3.8, 4) is 0 Å². The first kappa shape index (κ1) is 14.9. The van der Waals surface area contributed by atoms with Crippen LogP contribution in [0.2, 0.25) is 0 Å². The molecular formula is C10H14N4O4S. The van der Waals surface area contributed by atoms with Gasteiger partial charge in [-0.05, 0) is 18.2 Å². The van der Waals surface area contributed by atoms with Crippen LogP contribution in [0.1, 0.15) is 16.8 Å². The molecule has 0 unspecified atom stereocenters. The van der Waals surface area contributed by atoms with E-state index in [1.54, 1.807) is 0 Å². The minimum absolute atomic E-state index is 0.105. The van der Waals surface area contributed by atoms with Crippen molar-refractivity contribution in [3.05, 3.63) is 23.8 Å². The zero-order chi connectivity index (χ0) is 14.6. The average molecular weight is 286 g/mol. The molecule has 0 aliphatic rings. The van der Waals surface area contributed by atoms with Crippen LogP contribution < -0.4 is 21.9 Å². The van der Waals surface area contributed by atoms with Gasteiger partial charge < -0.3 is 17.2 Å². The van der Waals surface area contributed by atoms with Crippen LogP contribution in [-0.2, 0) is 14.8 Å². The van der Waals surface area contributed by atoms with E-state index in [1.165, 1.54) is 18.2 Å². The number of sulfonamides is 1. The summed E-state index contributed by atoms with van der Waals surface area (Å²) in [5.41, 5.74) is 15.5. The Kier molecular flexibility index (Phi) is 4.46. The van der Waals surface area contributed by atoms with Gasteiger partial charge in [-0.25, -0.2) is 13.1 Å². The van der Waals surface area contributed by atoms with E-state index in [2.05, 4.69) is 4.72 Å². The lowest BCUT2D eigenvalue weighted by Crippen LogP contribution is -2.28. The number of carbonyl (C=O) groups excluding carboxylic acids is 2. The van der Waals surface area contributed by atoms with Crippen molar-refractivity contribution >= 4 is 27.5 Å². The summed E-state index contributed by atoms with van der Waals surface area (Å²) in [7, 11) is -3.86. The molecule has 104 valence electrons. The number of primary amides is 2. The number of nitrogen functional groups attached to an aromatic ring is 1. The maximum Gasteiger partial charge on any atom is 0.248 e. The van der Waals surface area contributed by atoms with Gasteiger partial charge in [-0.2, -0.15) is 0 Å². The van der Waals surface area contributed by atoms with Crippen LogP contribution in [0, 0.1) is 0 Å². The summed E-state index contributed by atoms with van der Waals surface area (Å²) < 4.78 is 25.9. The smallest absolute Gasteiger partial charge is 0.248 e. The van der Waals surface area contributed by atoms with Gasteiger partial charge in [-0.1, -0.05) is 0 Å². The van der Waals surface area contributed by atoms with Crippen LogP contribution in [-0.4, -0.2) is 26.8 Å². The average Bonchev–Trinajstić information content (AvgIpc) is 2.27. The minimum atomic E-state index is -3.86. The molecule has 1 rings (SSSR count). The topological polar surface area (TPSA) is 158 Å². The molecule has 1 aromatic rings. The Labute approximate surface area is 110 Å². The molecular weight excluding hydrogens is 272 g/mol.